The molecule has 0 saturated carbocycles. The van der Waals surface area contributed by atoms with Crippen LogP contribution in [0.4, 0.5) is 5.82 Å². The lowest BCUT2D eigenvalue weighted by atomic mass is 10.2. The molecule has 0 bridgehead atoms. The second-order valence-corrected chi connectivity index (χ2v) is 5.69. The first-order valence-corrected chi connectivity index (χ1v) is 8.39. The number of aromatic nitrogens is 1. The highest BCUT2D eigenvalue weighted by Crippen LogP contribution is 2.36. The Morgan fingerprint density at radius 3 is 2.74 bits per heavy atom. The Morgan fingerprint density at radius 1 is 1.33 bits per heavy atom. The van der Waals surface area contributed by atoms with Gasteiger partial charge < -0.3 is 24.1 Å². The van der Waals surface area contributed by atoms with Crippen LogP contribution in [0.5, 0.6) is 11.5 Å². The number of nitrogens with zero attached hydrogens (tertiary/aromatic N) is 1. The van der Waals surface area contributed by atoms with Gasteiger partial charge in [-0.25, -0.2) is 4.79 Å². The van der Waals surface area contributed by atoms with Gasteiger partial charge in [-0.3, -0.25) is 4.79 Å². The molecule has 2 rings (SSSR count). The van der Waals surface area contributed by atoms with E-state index in [1.165, 1.54) is 19.3 Å². The van der Waals surface area contributed by atoms with Gasteiger partial charge in [-0.2, -0.15) is 0 Å². The Bertz CT molecular complexity index is 846. The molecule has 1 aromatic carbocycles. The smallest absolute Gasteiger partial charge is 0.331 e. The zero-order valence-corrected chi connectivity index (χ0v) is 15.8. The lowest BCUT2D eigenvalue weighted by Crippen LogP contribution is -2.20. The molecule has 1 amide bonds. The van der Waals surface area contributed by atoms with Gasteiger partial charge in [0.25, 0.3) is 5.91 Å². The van der Waals surface area contributed by atoms with Crippen LogP contribution in [0.15, 0.2) is 28.8 Å². The van der Waals surface area contributed by atoms with Crippen molar-refractivity contribution in [3.8, 4) is 11.5 Å². The Morgan fingerprint density at radius 2 is 2.11 bits per heavy atom. The van der Waals surface area contributed by atoms with Crippen LogP contribution in [0.2, 0.25) is 5.02 Å². The summed E-state index contributed by atoms with van der Waals surface area (Å²) < 4.78 is 20.4. The molecule has 0 spiro atoms. The fourth-order valence-electron chi connectivity index (χ4n) is 2.10. The molecule has 2 aromatic rings. The third kappa shape index (κ3) is 6.03. The Labute approximate surface area is 161 Å². The van der Waals surface area contributed by atoms with Crippen LogP contribution < -0.4 is 14.8 Å². The molecular formula is C18H19ClN2O6. The zero-order valence-electron chi connectivity index (χ0n) is 15.1. The first-order chi connectivity index (χ1) is 12.9. The molecule has 0 atom stereocenters. The second-order valence-electron chi connectivity index (χ2n) is 5.28. The van der Waals surface area contributed by atoms with Crippen LogP contribution in [-0.2, 0) is 14.3 Å². The van der Waals surface area contributed by atoms with Gasteiger partial charge in [0.05, 0.1) is 18.7 Å². The zero-order chi connectivity index (χ0) is 19.8. The number of benzene rings is 1. The van der Waals surface area contributed by atoms with Crippen LogP contribution in [0.3, 0.4) is 0 Å². The molecule has 0 fully saturated rings. The standard InChI is InChI=1S/C18H19ClN2O6/c1-4-25-14-9-12(8-13(19)18(14)24-3)5-6-17(23)26-10-16(22)20-15-7-11(2)27-21-15/h5-9H,4,10H2,1-3H3,(H,20,21,22)/b6-5+. The van der Waals surface area contributed by atoms with Crippen molar-refractivity contribution in [3.05, 3.63) is 40.6 Å². The summed E-state index contributed by atoms with van der Waals surface area (Å²) in [6.07, 6.45) is 2.68. The number of amides is 1. The van der Waals surface area contributed by atoms with Gasteiger partial charge in [-0.1, -0.05) is 16.8 Å². The summed E-state index contributed by atoms with van der Waals surface area (Å²) in [4.78, 5) is 23.5. The summed E-state index contributed by atoms with van der Waals surface area (Å²) in [5.41, 5.74) is 0.615. The van der Waals surface area contributed by atoms with Gasteiger partial charge in [-0.15, -0.1) is 0 Å². The Kier molecular flexibility index (Phi) is 7.25. The molecule has 0 aliphatic heterocycles. The maximum atomic E-state index is 11.8. The van der Waals surface area contributed by atoms with Crippen molar-refractivity contribution >= 4 is 35.4 Å². The molecular weight excluding hydrogens is 376 g/mol. The van der Waals surface area contributed by atoms with E-state index in [0.717, 1.165) is 0 Å². The summed E-state index contributed by atoms with van der Waals surface area (Å²) in [5.74, 6) is 0.457. The summed E-state index contributed by atoms with van der Waals surface area (Å²) >= 11 is 6.15. The Balaban J connectivity index is 1.93. The van der Waals surface area contributed by atoms with Crippen LogP contribution in [0.1, 0.15) is 18.2 Å². The molecule has 0 aliphatic rings. The summed E-state index contributed by atoms with van der Waals surface area (Å²) in [6.45, 7) is 3.50. The maximum absolute atomic E-state index is 11.8. The van der Waals surface area contributed by atoms with Gasteiger partial charge in [0.15, 0.2) is 23.9 Å². The van der Waals surface area contributed by atoms with Crippen molar-refractivity contribution in [2.24, 2.45) is 0 Å². The number of methoxy groups -OCH3 is 1. The maximum Gasteiger partial charge on any atom is 0.331 e. The number of rotatable bonds is 8. The molecule has 1 aromatic heterocycles. The highest BCUT2D eigenvalue weighted by Gasteiger charge is 2.11. The summed E-state index contributed by atoms with van der Waals surface area (Å²) in [5, 5.41) is 6.40. The van der Waals surface area contributed by atoms with Crippen LogP contribution in [0.25, 0.3) is 6.08 Å². The summed E-state index contributed by atoms with van der Waals surface area (Å²) in [6, 6.07) is 4.84. The normalized spacial score (nSPS) is 10.7. The third-order valence-electron chi connectivity index (χ3n) is 3.19. The number of nitrogens with one attached hydrogen (secondary N) is 1. The third-order valence-corrected chi connectivity index (χ3v) is 3.47. The minimum absolute atomic E-state index is 0.250. The Hall–Kier alpha value is -3.00. The minimum Gasteiger partial charge on any atom is -0.491 e. The number of aryl methyl sites for hydroxylation is 1. The molecule has 9 heteroatoms. The summed E-state index contributed by atoms with van der Waals surface area (Å²) in [7, 11) is 1.49. The molecule has 1 heterocycles. The van der Waals surface area contributed by atoms with E-state index in [1.807, 2.05) is 6.92 Å². The monoisotopic (exact) mass is 394 g/mol. The van der Waals surface area contributed by atoms with E-state index >= 15 is 0 Å². The molecule has 1 N–H and O–H groups in total. The topological polar surface area (TPSA) is 99.9 Å². The molecule has 8 nitrogen and oxygen atoms in total. The van der Waals surface area contributed by atoms with E-state index in [0.29, 0.717) is 34.5 Å². The van der Waals surface area contributed by atoms with Crippen molar-refractivity contribution in [1.82, 2.24) is 5.16 Å². The van der Waals surface area contributed by atoms with Crippen molar-refractivity contribution in [2.45, 2.75) is 13.8 Å². The molecule has 0 unspecified atom stereocenters. The number of anilines is 1. The average Bonchev–Trinajstić information content (AvgIpc) is 3.03. The highest BCUT2D eigenvalue weighted by molar-refractivity contribution is 6.32. The van der Waals surface area contributed by atoms with Crippen LogP contribution in [0, 0.1) is 6.92 Å². The first-order valence-electron chi connectivity index (χ1n) is 8.01. The number of halogens is 1. The number of carbonyl (C=O) groups is 2. The van der Waals surface area contributed by atoms with Crippen LogP contribution >= 0.6 is 11.6 Å². The second kappa shape index (κ2) is 9.63. The van der Waals surface area contributed by atoms with E-state index in [9.17, 15) is 9.59 Å². The van der Waals surface area contributed by atoms with E-state index in [1.54, 1.807) is 25.1 Å². The molecule has 0 aliphatic carbocycles. The number of hydrogen-bond donors (Lipinski definition) is 1. The van der Waals surface area contributed by atoms with E-state index in [4.69, 9.17) is 30.3 Å². The van der Waals surface area contributed by atoms with E-state index < -0.39 is 18.5 Å². The number of carbonyl (C=O) groups excluding carboxylic acids is 2. The van der Waals surface area contributed by atoms with Gasteiger partial charge >= 0.3 is 5.97 Å². The molecule has 0 saturated heterocycles. The fraction of sp³-hybridized carbons (Fsp3) is 0.278. The lowest BCUT2D eigenvalue weighted by molar-refractivity contribution is -0.142. The minimum atomic E-state index is -0.689. The predicted molar refractivity (Wildman–Crippen MR) is 99.0 cm³/mol. The number of ether oxygens (including phenoxy) is 3. The van der Waals surface area contributed by atoms with E-state index in [2.05, 4.69) is 10.5 Å². The average molecular weight is 395 g/mol. The van der Waals surface area contributed by atoms with E-state index in [-0.39, 0.29) is 5.82 Å². The van der Waals surface area contributed by atoms with Crippen molar-refractivity contribution in [1.29, 1.82) is 0 Å². The van der Waals surface area contributed by atoms with Gasteiger partial charge in [0.1, 0.15) is 5.76 Å². The van der Waals surface area contributed by atoms with Crippen molar-refractivity contribution in [3.63, 3.8) is 0 Å². The molecule has 0 radical (unpaired) electrons. The van der Waals surface area contributed by atoms with Crippen LogP contribution in [-0.4, -0.2) is 37.4 Å². The highest BCUT2D eigenvalue weighted by atomic mass is 35.5. The molecule has 27 heavy (non-hydrogen) atoms. The number of hydrogen-bond acceptors (Lipinski definition) is 7. The first kappa shape index (κ1) is 20.3. The van der Waals surface area contributed by atoms with Gasteiger partial charge in [0.2, 0.25) is 0 Å². The number of esters is 1. The van der Waals surface area contributed by atoms with Crippen molar-refractivity contribution < 1.29 is 28.3 Å². The predicted octanol–water partition coefficient (Wildman–Crippen LogP) is 3.24. The fourth-order valence-corrected chi connectivity index (χ4v) is 2.39. The van der Waals surface area contributed by atoms with Gasteiger partial charge in [-0.05, 0) is 37.6 Å². The quantitative estimate of drug-likeness (QED) is 0.541. The SMILES string of the molecule is CCOc1cc(/C=C/C(=O)OCC(=O)Nc2cc(C)on2)cc(Cl)c1OC. The lowest BCUT2D eigenvalue weighted by Gasteiger charge is -2.11. The molecule has 144 valence electrons. The van der Waals surface area contributed by atoms with Crippen molar-refractivity contribution in [2.75, 3.05) is 25.6 Å². The van der Waals surface area contributed by atoms with Gasteiger partial charge in [0, 0.05) is 12.1 Å². The largest absolute Gasteiger partial charge is 0.491 e.